The Kier molecular flexibility index (Phi) is 3.68. The van der Waals surface area contributed by atoms with Gasteiger partial charge in [0.2, 0.25) is 0 Å². The molecule has 0 aromatic carbocycles. The van der Waals surface area contributed by atoms with Gasteiger partial charge in [0.25, 0.3) is 0 Å². The number of hydrogen-bond donors (Lipinski definition) is 1. The number of halogens is 3. The molecule has 2 N–H and O–H groups in total. The molecule has 84 valence electrons. The molecule has 0 aliphatic rings. The zero-order valence-electron chi connectivity index (χ0n) is 8.38. The molecule has 0 fully saturated rings. The molecule has 0 bridgehead atoms. The smallest absolute Gasteiger partial charge is 0.328 e. The lowest BCUT2D eigenvalue weighted by Crippen LogP contribution is -2.15. The standard InChI is InChI=1S/C10H13F3N2/c1-7(14)2-4-9-5-3-8(6-15-9)10(11,12)13/h3,5-7H,2,4,14H2,1H3/t7-/m1/s1. The molecule has 5 heteroatoms. The number of aryl methyl sites for hydroxylation is 1. The van der Waals surface area contributed by atoms with Crippen LogP contribution in [-0.2, 0) is 12.6 Å². The summed E-state index contributed by atoms with van der Waals surface area (Å²) in [5, 5.41) is 0. The molecule has 0 aliphatic carbocycles. The molecule has 1 heterocycles. The highest BCUT2D eigenvalue weighted by atomic mass is 19.4. The van der Waals surface area contributed by atoms with Gasteiger partial charge in [-0.2, -0.15) is 13.2 Å². The predicted octanol–water partition coefficient (Wildman–Crippen LogP) is 2.38. The van der Waals surface area contributed by atoms with Crippen LogP contribution in [0.4, 0.5) is 13.2 Å². The Morgan fingerprint density at radius 1 is 1.40 bits per heavy atom. The number of hydrogen-bond acceptors (Lipinski definition) is 2. The number of aromatic nitrogens is 1. The summed E-state index contributed by atoms with van der Waals surface area (Å²) in [7, 11) is 0. The molecule has 2 nitrogen and oxygen atoms in total. The molecule has 1 rings (SSSR count). The largest absolute Gasteiger partial charge is 0.417 e. The fourth-order valence-electron chi connectivity index (χ4n) is 1.12. The van der Waals surface area contributed by atoms with Crippen LogP contribution in [0.25, 0.3) is 0 Å². The topological polar surface area (TPSA) is 38.9 Å². The predicted molar refractivity (Wildman–Crippen MR) is 51.2 cm³/mol. The van der Waals surface area contributed by atoms with Gasteiger partial charge >= 0.3 is 6.18 Å². The third-order valence-corrected chi connectivity index (χ3v) is 2.01. The maximum absolute atomic E-state index is 12.2. The van der Waals surface area contributed by atoms with E-state index in [4.69, 9.17) is 5.73 Å². The van der Waals surface area contributed by atoms with Gasteiger partial charge in [0.1, 0.15) is 0 Å². The summed E-state index contributed by atoms with van der Waals surface area (Å²) >= 11 is 0. The van der Waals surface area contributed by atoms with E-state index >= 15 is 0 Å². The van der Waals surface area contributed by atoms with Gasteiger partial charge in [0, 0.05) is 17.9 Å². The average Bonchev–Trinajstić information content (AvgIpc) is 2.14. The van der Waals surface area contributed by atoms with Crippen molar-refractivity contribution >= 4 is 0 Å². The van der Waals surface area contributed by atoms with Crippen molar-refractivity contribution in [3.63, 3.8) is 0 Å². The van der Waals surface area contributed by atoms with Crippen LogP contribution in [0.2, 0.25) is 0 Å². The van der Waals surface area contributed by atoms with Crippen LogP contribution >= 0.6 is 0 Å². The van der Waals surface area contributed by atoms with Gasteiger partial charge in [-0.15, -0.1) is 0 Å². The van der Waals surface area contributed by atoms with E-state index in [0.29, 0.717) is 12.1 Å². The molecule has 0 aliphatic heterocycles. The molecule has 0 saturated heterocycles. The lowest BCUT2D eigenvalue weighted by atomic mass is 10.1. The molecule has 0 radical (unpaired) electrons. The number of nitrogens with zero attached hydrogens (tertiary/aromatic N) is 1. The second-order valence-electron chi connectivity index (χ2n) is 3.55. The Morgan fingerprint density at radius 2 is 2.07 bits per heavy atom. The van der Waals surface area contributed by atoms with Gasteiger partial charge in [-0.3, -0.25) is 4.98 Å². The summed E-state index contributed by atoms with van der Waals surface area (Å²) in [5.41, 5.74) is 5.46. The van der Waals surface area contributed by atoms with E-state index in [1.807, 2.05) is 6.92 Å². The number of rotatable bonds is 3. The minimum Gasteiger partial charge on any atom is -0.328 e. The summed E-state index contributed by atoms with van der Waals surface area (Å²) in [5.74, 6) is 0. The van der Waals surface area contributed by atoms with E-state index < -0.39 is 11.7 Å². The van der Waals surface area contributed by atoms with Gasteiger partial charge in [0.05, 0.1) is 5.56 Å². The number of pyridine rings is 1. The second kappa shape index (κ2) is 4.61. The van der Waals surface area contributed by atoms with E-state index in [2.05, 4.69) is 4.98 Å². The van der Waals surface area contributed by atoms with Crippen LogP contribution in [-0.4, -0.2) is 11.0 Å². The van der Waals surface area contributed by atoms with Gasteiger partial charge in [0.15, 0.2) is 0 Å². The highest BCUT2D eigenvalue weighted by Crippen LogP contribution is 2.28. The maximum atomic E-state index is 12.2. The van der Waals surface area contributed by atoms with Crippen molar-refractivity contribution in [2.45, 2.75) is 32.0 Å². The quantitative estimate of drug-likeness (QED) is 0.845. The molecule has 1 aromatic rings. The zero-order valence-corrected chi connectivity index (χ0v) is 8.38. The number of nitrogens with two attached hydrogens (primary N) is 1. The normalized spacial score (nSPS) is 13.9. The first-order chi connectivity index (χ1) is 6.89. The Hall–Kier alpha value is -1.10. The van der Waals surface area contributed by atoms with Crippen molar-refractivity contribution in [3.8, 4) is 0 Å². The van der Waals surface area contributed by atoms with E-state index in [1.54, 1.807) is 0 Å². The van der Waals surface area contributed by atoms with E-state index in [0.717, 1.165) is 18.7 Å². The second-order valence-corrected chi connectivity index (χ2v) is 3.55. The fraction of sp³-hybridized carbons (Fsp3) is 0.500. The lowest BCUT2D eigenvalue weighted by molar-refractivity contribution is -0.137. The van der Waals surface area contributed by atoms with Gasteiger partial charge in [-0.05, 0) is 31.9 Å². The summed E-state index contributed by atoms with van der Waals surface area (Å²) in [4.78, 5) is 3.74. The van der Waals surface area contributed by atoms with Crippen molar-refractivity contribution in [2.75, 3.05) is 0 Å². The van der Waals surface area contributed by atoms with Crippen molar-refractivity contribution in [1.29, 1.82) is 0 Å². The summed E-state index contributed by atoms with van der Waals surface area (Å²) < 4.78 is 36.5. The third-order valence-electron chi connectivity index (χ3n) is 2.01. The Labute approximate surface area is 86.3 Å². The van der Waals surface area contributed by atoms with E-state index in [-0.39, 0.29) is 6.04 Å². The summed E-state index contributed by atoms with van der Waals surface area (Å²) in [6, 6.07) is 2.48. The Bertz CT molecular complexity index is 303. The van der Waals surface area contributed by atoms with Crippen molar-refractivity contribution < 1.29 is 13.2 Å². The molecule has 15 heavy (non-hydrogen) atoms. The van der Waals surface area contributed by atoms with Crippen LogP contribution in [0.15, 0.2) is 18.3 Å². The van der Waals surface area contributed by atoms with E-state index in [1.165, 1.54) is 6.07 Å². The SMILES string of the molecule is C[C@@H](N)CCc1ccc(C(F)(F)F)cn1. The van der Waals surface area contributed by atoms with Gasteiger partial charge < -0.3 is 5.73 Å². The Morgan fingerprint density at radius 3 is 2.47 bits per heavy atom. The van der Waals surface area contributed by atoms with Crippen LogP contribution in [0.1, 0.15) is 24.6 Å². The zero-order chi connectivity index (χ0) is 11.5. The molecular formula is C10H13F3N2. The molecule has 0 unspecified atom stereocenters. The third kappa shape index (κ3) is 3.87. The highest BCUT2D eigenvalue weighted by Gasteiger charge is 2.30. The van der Waals surface area contributed by atoms with Gasteiger partial charge in [-0.1, -0.05) is 0 Å². The minimum absolute atomic E-state index is 0.0362. The first-order valence-electron chi connectivity index (χ1n) is 4.67. The highest BCUT2D eigenvalue weighted by molar-refractivity contribution is 5.17. The Balaban J connectivity index is 2.65. The molecule has 0 saturated carbocycles. The average molecular weight is 218 g/mol. The van der Waals surface area contributed by atoms with Crippen molar-refractivity contribution in [1.82, 2.24) is 4.98 Å². The number of alkyl halides is 3. The first kappa shape index (κ1) is 12.0. The molecule has 1 aromatic heterocycles. The molecule has 0 amide bonds. The van der Waals surface area contributed by atoms with Crippen molar-refractivity contribution in [2.24, 2.45) is 5.73 Å². The molecule has 1 atom stereocenters. The van der Waals surface area contributed by atoms with E-state index in [9.17, 15) is 13.2 Å². The van der Waals surface area contributed by atoms with Crippen LogP contribution in [0.3, 0.4) is 0 Å². The van der Waals surface area contributed by atoms with Crippen LogP contribution < -0.4 is 5.73 Å². The lowest BCUT2D eigenvalue weighted by Gasteiger charge is -2.07. The first-order valence-corrected chi connectivity index (χ1v) is 4.67. The summed E-state index contributed by atoms with van der Waals surface area (Å²) in [6.45, 7) is 1.85. The van der Waals surface area contributed by atoms with Crippen LogP contribution in [0, 0.1) is 0 Å². The minimum atomic E-state index is -4.31. The maximum Gasteiger partial charge on any atom is 0.417 e. The monoisotopic (exact) mass is 218 g/mol. The summed E-state index contributed by atoms with van der Waals surface area (Å²) in [6.07, 6.45) is -2.13. The molecular weight excluding hydrogens is 205 g/mol. The molecule has 0 spiro atoms. The van der Waals surface area contributed by atoms with Crippen molar-refractivity contribution in [3.05, 3.63) is 29.6 Å². The fourth-order valence-corrected chi connectivity index (χ4v) is 1.12. The van der Waals surface area contributed by atoms with Crippen LogP contribution in [0.5, 0.6) is 0 Å². The van der Waals surface area contributed by atoms with Gasteiger partial charge in [-0.25, -0.2) is 0 Å².